The summed E-state index contributed by atoms with van der Waals surface area (Å²) in [6.07, 6.45) is 3.11. The monoisotopic (exact) mass is 335 g/mol. The van der Waals surface area contributed by atoms with Crippen molar-refractivity contribution in [1.82, 2.24) is 0 Å². The number of rotatable bonds is 6. The Morgan fingerprint density at radius 3 is 1.30 bits per heavy atom. The van der Waals surface area contributed by atoms with Crippen molar-refractivity contribution in [2.45, 2.75) is 0 Å². The van der Waals surface area contributed by atoms with Crippen LogP contribution in [0.3, 0.4) is 0 Å². The molecule has 0 nitrogen and oxygen atoms in total. The third-order valence-electron chi connectivity index (χ3n) is 3.90. The zero-order chi connectivity index (χ0) is 16.0. The standard InChI is InChI=1S/C21H21P2/c1-2-18-22-23(19-12-6-3-7-13-19,20-14-8-4-9-15-20)21-16-10-5-11-17-21/h2-17,22H,1,18H2/q+1. The van der Waals surface area contributed by atoms with Crippen molar-refractivity contribution in [2.24, 2.45) is 0 Å². The van der Waals surface area contributed by atoms with Gasteiger partial charge in [-0.25, -0.2) is 0 Å². The van der Waals surface area contributed by atoms with Crippen LogP contribution >= 0.6 is 15.2 Å². The van der Waals surface area contributed by atoms with Crippen LogP contribution in [0.25, 0.3) is 0 Å². The lowest BCUT2D eigenvalue weighted by Gasteiger charge is -2.26. The van der Waals surface area contributed by atoms with Crippen LogP contribution in [0.1, 0.15) is 0 Å². The van der Waals surface area contributed by atoms with Gasteiger partial charge < -0.3 is 0 Å². The minimum atomic E-state index is -1.61. The van der Waals surface area contributed by atoms with Gasteiger partial charge in [-0.05, 0) is 36.4 Å². The predicted octanol–water partition coefficient (Wildman–Crippen LogP) is 4.76. The van der Waals surface area contributed by atoms with Gasteiger partial charge in [0.15, 0.2) is 0 Å². The Balaban J connectivity index is 2.27. The predicted molar refractivity (Wildman–Crippen MR) is 109 cm³/mol. The summed E-state index contributed by atoms with van der Waals surface area (Å²) in [7, 11) is 0.819. The van der Waals surface area contributed by atoms with Gasteiger partial charge >= 0.3 is 0 Å². The maximum atomic E-state index is 3.97. The molecule has 0 aliphatic heterocycles. The molecule has 0 saturated heterocycles. The lowest BCUT2D eigenvalue weighted by molar-refractivity contribution is 1.73. The van der Waals surface area contributed by atoms with Gasteiger partial charge in [0.25, 0.3) is 0 Å². The Kier molecular flexibility index (Phi) is 5.39. The third kappa shape index (κ3) is 3.30. The second kappa shape index (κ2) is 7.69. The fourth-order valence-electron chi connectivity index (χ4n) is 2.88. The second-order valence-electron chi connectivity index (χ2n) is 5.33. The molecule has 0 aromatic heterocycles. The minimum Gasteiger partial charge on any atom is -0.103 e. The molecule has 1 atom stereocenters. The van der Waals surface area contributed by atoms with Gasteiger partial charge in [0.05, 0.1) is 8.27 Å². The van der Waals surface area contributed by atoms with Crippen LogP contribution in [0.2, 0.25) is 0 Å². The lowest BCUT2D eigenvalue weighted by atomic mass is 10.4. The fourth-order valence-corrected chi connectivity index (χ4v) is 10.8. The molecule has 3 rings (SSSR count). The van der Waals surface area contributed by atoms with Crippen LogP contribution in [0.15, 0.2) is 104 Å². The van der Waals surface area contributed by atoms with E-state index in [2.05, 4.69) is 104 Å². The molecule has 0 N–H and O–H groups in total. The normalized spacial score (nSPS) is 11.7. The van der Waals surface area contributed by atoms with Gasteiger partial charge in [-0.3, -0.25) is 0 Å². The molecule has 0 heterocycles. The molecule has 0 spiro atoms. The molecule has 1 unspecified atom stereocenters. The maximum Gasteiger partial charge on any atom is 0.127 e. The molecular formula is C21H21P2+. The van der Waals surface area contributed by atoms with Gasteiger partial charge in [0, 0.05) is 6.16 Å². The van der Waals surface area contributed by atoms with Crippen molar-refractivity contribution >= 4 is 31.1 Å². The molecule has 0 radical (unpaired) electrons. The average Bonchev–Trinajstić information content (AvgIpc) is 2.65. The van der Waals surface area contributed by atoms with Crippen LogP contribution in [-0.4, -0.2) is 6.16 Å². The summed E-state index contributed by atoms with van der Waals surface area (Å²) < 4.78 is 0. The molecule has 0 aliphatic rings. The van der Waals surface area contributed by atoms with E-state index in [4.69, 9.17) is 0 Å². The molecule has 23 heavy (non-hydrogen) atoms. The molecule has 3 aromatic carbocycles. The fraction of sp³-hybridized carbons (Fsp3) is 0.0476. The van der Waals surface area contributed by atoms with Crippen molar-refractivity contribution in [3.8, 4) is 0 Å². The molecule has 114 valence electrons. The smallest absolute Gasteiger partial charge is 0.103 e. The average molecular weight is 335 g/mol. The number of allylic oxidation sites excluding steroid dienone is 1. The Bertz CT molecular complexity index is 640. The van der Waals surface area contributed by atoms with Crippen LogP contribution in [-0.2, 0) is 0 Å². The van der Waals surface area contributed by atoms with Crippen LogP contribution in [0.5, 0.6) is 0 Å². The number of benzene rings is 3. The summed E-state index contributed by atoms with van der Waals surface area (Å²) in [5.41, 5.74) is 0. The summed E-state index contributed by atoms with van der Waals surface area (Å²) in [6, 6.07) is 33.0. The van der Waals surface area contributed by atoms with Gasteiger partial charge in [0.1, 0.15) is 22.9 Å². The minimum absolute atomic E-state index is 0.819. The third-order valence-corrected chi connectivity index (χ3v) is 12.4. The van der Waals surface area contributed by atoms with Crippen molar-refractivity contribution < 1.29 is 0 Å². The van der Waals surface area contributed by atoms with E-state index < -0.39 is 6.95 Å². The summed E-state index contributed by atoms with van der Waals surface area (Å²) >= 11 is 0. The number of hydrogen-bond donors (Lipinski definition) is 0. The van der Waals surface area contributed by atoms with E-state index in [0.29, 0.717) is 0 Å². The first kappa shape index (κ1) is 16.1. The lowest BCUT2D eigenvalue weighted by Crippen LogP contribution is -2.28. The van der Waals surface area contributed by atoms with Crippen molar-refractivity contribution in [3.05, 3.63) is 104 Å². The Hall–Kier alpha value is -1.74. The van der Waals surface area contributed by atoms with E-state index in [1.807, 2.05) is 0 Å². The van der Waals surface area contributed by atoms with Crippen molar-refractivity contribution in [3.63, 3.8) is 0 Å². The Morgan fingerprint density at radius 1 is 0.652 bits per heavy atom. The second-order valence-corrected chi connectivity index (χ2v) is 11.9. The molecule has 3 aromatic rings. The van der Waals surface area contributed by atoms with E-state index in [-0.39, 0.29) is 0 Å². The van der Waals surface area contributed by atoms with Crippen molar-refractivity contribution in [1.29, 1.82) is 0 Å². The van der Waals surface area contributed by atoms with Gasteiger partial charge in [-0.15, -0.1) is 6.58 Å². The highest BCUT2D eigenvalue weighted by molar-refractivity contribution is 8.42. The van der Waals surface area contributed by atoms with Crippen LogP contribution < -0.4 is 15.9 Å². The zero-order valence-corrected chi connectivity index (χ0v) is 15.0. The van der Waals surface area contributed by atoms with E-state index >= 15 is 0 Å². The highest BCUT2D eigenvalue weighted by atomic mass is 32.1. The molecule has 0 aliphatic carbocycles. The Morgan fingerprint density at radius 2 is 1.00 bits per heavy atom. The zero-order valence-electron chi connectivity index (χ0n) is 13.1. The summed E-state index contributed by atoms with van der Waals surface area (Å²) in [4.78, 5) is 0. The largest absolute Gasteiger partial charge is 0.127 e. The first-order chi connectivity index (χ1) is 11.4. The highest BCUT2D eigenvalue weighted by Crippen LogP contribution is 2.70. The molecule has 0 bridgehead atoms. The van der Waals surface area contributed by atoms with Gasteiger partial charge in [0.2, 0.25) is 0 Å². The summed E-state index contributed by atoms with van der Waals surface area (Å²) in [5, 5.41) is 4.37. The van der Waals surface area contributed by atoms with E-state index in [9.17, 15) is 0 Å². The molecule has 2 heteroatoms. The first-order valence-electron chi connectivity index (χ1n) is 7.80. The maximum absolute atomic E-state index is 3.97. The number of hydrogen-bond acceptors (Lipinski definition) is 0. The van der Waals surface area contributed by atoms with Gasteiger partial charge in [-0.1, -0.05) is 60.7 Å². The summed E-state index contributed by atoms with van der Waals surface area (Å²) in [5.74, 6) is 0. The topological polar surface area (TPSA) is 0 Å². The molecule has 0 amide bonds. The molecular weight excluding hydrogens is 314 g/mol. The van der Waals surface area contributed by atoms with Crippen molar-refractivity contribution in [2.75, 3.05) is 6.16 Å². The summed E-state index contributed by atoms with van der Waals surface area (Å²) in [6.45, 7) is 2.36. The van der Waals surface area contributed by atoms with E-state index in [0.717, 1.165) is 14.4 Å². The molecule has 0 saturated carbocycles. The van der Waals surface area contributed by atoms with Crippen LogP contribution in [0, 0.1) is 0 Å². The quantitative estimate of drug-likeness (QED) is 0.450. The Labute approximate surface area is 141 Å². The van der Waals surface area contributed by atoms with Gasteiger partial charge in [-0.2, -0.15) is 0 Å². The first-order valence-corrected chi connectivity index (χ1v) is 11.6. The van der Waals surface area contributed by atoms with Crippen LogP contribution in [0.4, 0.5) is 0 Å². The SMILES string of the molecule is C=CCP[P+](c1ccccc1)(c1ccccc1)c1ccccc1. The highest BCUT2D eigenvalue weighted by Gasteiger charge is 2.44. The van der Waals surface area contributed by atoms with E-state index in [1.54, 1.807) is 0 Å². The van der Waals surface area contributed by atoms with E-state index in [1.165, 1.54) is 15.9 Å². The molecule has 0 fully saturated rings.